The molecular weight excluding hydrogens is 96.0 g/mol. The van der Waals surface area contributed by atoms with E-state index < -0.39 is 12.7 Å². The first-order valence-corrected chi connectivity index (χ1v) is 1.60. The molecule has 0 aliphatic carbocycles. The topological polar surface area (TPSA) is 46.5 Å². The molecule has 1 atom stereocenters. The van der Waals surface area contributed by atoms with Gasteiger partial charge in [0, 0.05) is 6.08 Å². The van der Waals surface area contributed by atoms with Crippen LogP contribution >= 0.6 is 0 Å². The average Bonchev–Trinajstić information content (AvgIpc) is 1.65. The Balaban J connectivity index is 3.39. The Morgan fingerprint density at radius 3 is 3.00 bits per heavy atom. The van der Waals surface area contributed by atoms with E-state index in [1.165, 1.54) is 0 Å². The summed E-state index contributed by atoms with van der Waals surface area (Å²) in [4.78, 5) is 10.0. The Bertz CT molecular complexity index is 99.5. The number of carbonyl (C=O) groups is 1. The van der Waals surface area contributed by atoms with E-state index in [1.807, 2.05) is 0 Å². The number of rotatable bonds is 2. The zero-order valence-corrected chi connectivity index (χ0v) is 3.63. The highest BCUT2D eigenvalue weighted by atomic mass is 16.6. The molecule has 0 saturated heterocycles. The molecule has 40 valence electrons. The highest BCUT2D eigenvalue weighted by Crippen LogP contribution is 1.72. The molecule has 3 nitrogen and oxygen atoms in total. The SMILES string of the molecule is [2H]C(O)OC(=O)C=C. The van der Waals surface area contributed by atoms with Crippen molar-refractivity contribution >= 4 is 5.97 Å². The second kappa shape index (κ2) is 3.36. The molecule has 0 aromatic carbocycles. The Morgan fingerprint density at radius 1 is 2.29 bits per heavy atom. The minimum atomic E-state index is -1.79. The van der Waals surface area contributed by atoms with Gasteiger partial charge in [0.15, 0.2) is 6.77 Å². The van der Waals surface area contributed by atoms with E-state index in [-0.39, 0.29) is 0 Å². The zero-order chi connectivity index (χ0) is 6.57. The smallest absolute Gasteiger partial charge is 0.332 e. The lowest BCUT2D eigenvalue weighted by Gasteiger charge is -1.89. The van der Waals surface area contributed by atoms with Crippen LogP contribution in [0.15, 0.2) is 12.7 Å². The standard InChI is InChI=1S/C4H6O3/c1-2-4(6)7-3-5/h2,5H,1,3H2/i3D. The molecule has 0 radical (unpaired) electrons. The first-order chi connectivity index (χ1) is 3.66. The van der Waals surface area contributed by atoms with Crippen molar-refractivity contribution in [1.29, 1.82) is 0 Å². The number of hydrogen-bond acceptors (Lipinski definition) is 3. The summed E-state index contributed by atoms with van der Waals surface area (Å²) in [5.41, 5.74) is 0. The Hall–Kier alpha value is -0.830. The normalized spacial score (nSPS) is 14.1. The average molecular weight is 103 g/mol. The summed E-state index contributed by atoms with van der Waals surface area (Å²) < 4.78 is 10.1. The van der Waals surface area contributed by atoms with Gasteiger partial charge in [0.05, 0.1) is 0 Å². The molecule has 1 unspecified atom stereocenters. The van der Waals surface area contributed by atoms with Gasteiger partial charge in [-0.05, 0) is 0 Å². The van der Waals surface area contributed by atoms with Crippen molar-refractivity contribution in [2.45, 2.75) is 0 Å². The molecule has 3 heteroatoms. The molecule has 0 rings (SSSR count). The van der Waals surface area contributed by atoms with Gasteiger partial charge in [0.1, 0.15) is 1.37 Å². The number of hydrogen-bond donors (Lipinski definition) is 1. The molecule has 0 aliphatic heterocycles. The summed E-state index contributed by atoms with van der Waals surface area (Å²) in [7, 11) is 0. The highest BCUT2D eigenvalue weighted by molar-refractivity contribution is 5.81. The summed E-state index contributed by atoms with van der Waals surface area (Å²) in [6.45, 7) is 1.25. The number of carbonyl (C=O) groups excluding carboxylic acids is 1. The zero-order valence-electron chi connectivity index (χ0n) is 4.63. The van der Waals surface area contributed by atoms with Gasteiger partial charge < -0.3 is 9.84 Å². The van der Waals surface area contributed by atoms with Crippen LogP contribution in [0, 0.1) is 0 Å². The van der Waals surface area contributed by atoms with Crippen LogP contribution in [-0.2, 0) is 9.53 Å². The highest BCUT2D eigenvalue weighted by Gasteiger charge is 1.87. The molecule has 0 fully saturated rings. The van der Waals surface area contributed by atoms with Crippen LogP contribution in [0.1, 0.15) is 1.37 Å². The molecule has 0 aromatic heterocycles. The van der Waals surface area contributed by atoms with Gasteiger partial charge in [-0.3, -0.25) is 0 Å². The number of aliphatic hydroxyl groups excluding tert-OH is 1. The Labute approximate surface area is 42.6 Å². The van der Waals surface area contributed by atoms with Crippen LogP contribution in [-0.4, -0.2) is 17.8 Å². The van der Waals surface area contributed by atoms with E-state index in [1.54, 1.807) is 0 Å². The summed E-state index contributed by atoms with van der Waals surface area (Å²) in [6.07, 6.45) is 0.873. The molecule has 1 N–H and O–H groups in total. The van der Waals surface area contributed by atoms with Crippen LogP contribution in [0.2, 0.25) is 0 Å². The van der Waals surface area contributed by atoms with Crippen molar-refractivity contribution in [3.05, 3.63) is 12.7 Å². The van der Waals surface area contributed by atoms with Gasteiger partial charge in [-0.2, -0.15) is 0 Å². The van der Waals surface area contributed by atoms with E-state index in [0.29, 0.717) is 0 Å². The molecule has 0 aromatic rings. The van der Waals surface area contributed by atoms with E-state index in [9.17, 15) is 4.79 Å². The van der Waals surface area contributed by atoms with Crippen LogP contribution in [0.3, 0.4) is 0 Å². The van der Waals surface area contributed by atoms with Crippen LogP contribution in [0.4, 0.5) is 0 Å². The molecule has 0 spiro atoms. The minimum Gasteiger partial charge on any atom is -0.436 e. The van der Waals surface area contributed by atoms with Gasteiger partial charge in [0.25, 0.3) is 0 Å². The maximum atomic E-state index is 10.0. The van der Waals surface area contributed by atoms with Gasteiger partial charge in [0.2, 0.25) is 0 Å². The van der Waals surface area contributed by atoms with Crippen molar-refractivity contribution in [3.63, 3.8) is 0 Å². The van der Waals surface area contributed by atoms with Crippen molar-refractivity contribution in [2.24, 2.45) is 0 Å². The lowest BCUT2D eigenvalue weighted by atomic mass is 10.7. The van der Waals surface area contributed by atoms with Crippen molar-refractivity contribution < 1.29 is 16.0 Å². The lowest BCUT2D eigenvalue weighted by molar-refractivity contribution is -0.145. The largest absolute Gasteiger partial charge is 0.436 e. The van der Waals surface area contributed by atoms with Crippen LogP contribution in [0.25, 0.3) is 0 Å². The number of esters is 1. The molecule has 0 bridgehead atoms. The summed E-state index contributed by atoms with van der Waals surface area (Å²) in [5, 5.41) is 8.03. The van der Waals surface area contributed by atoms with Crippen LogP contribution in [0.5, 0.6) is 0 Å². The van der Waals surface area contributed by atoms with Crippen molar-refractivity contribution in [2.75, 3.05) is 6.77 Å². The predicted octanol–water partition coefficient (Wildman–Crippen LogP) is -0.335. The number of aliphatic hydroxyl groups is 1. The maximum absolute atomic E-state index is 10.0. The van der Waals surface area contributed by atoms with E-state index >= 15 is 0 Å². The Morgan fingerprint density at radius 2 is 2.86 bits per heavy atom. The van der Waals surface area contributed by atoms with Gasteiger partial charge in [-0.15, -0.1) is 0 Å². The third-order valence-corrected chi connectivity index (χ3v) is 0.336. The summed E-state index contributed by atoms with van der Waals surface area (Å²) in [6, 6.07) is 0. The molecule has 7 heavy (non-hydrogen) atoms. The molecule has 0 amide bonds. The van der Waals surface area contributed by atoms with Crippen molar-refractivity contribution in [3.8, 4) is 0 Å². The molecule has 0 aliphatic rings. The lowest BCUT2D eigenvalue weighted by Crippen LogP contribution is -1.99. The fourth-order valence-corrected chi connectivity index (χ4v) is 0.100. The van der Waals surface area contributed by atoms with E-state index in [0.717, 1.165) is 6.08 Å². The predicted molar refractivity (Wildman–Crippen MR) is 23.4 cm³/mol. The maximum Gasteiger partial charge on any atom is 0.332 e. The third kappa shape index (κ3) is 2.99. The second-order valence-electron chi connectivity index (χ2n) is 0.746. The fraction of sp³-hybridized carbons (Fsp3) is 0.250. The fourth-order valence-electron chi connectivity index (χ4n) is 0.100. The summed E-state index contributed by atoms with van der Waals surface area (Å²) in [5.74, 6) is -0.799. The molecule has 0 saturated carbocycles. The second-order valence-corrected chi connectivity index (χ2v) is 0.746. The van der Waals surface area contributed by atoms with Gasteiger partial charge in [-0.25, -0.2) is 4.79 Å². The monoisotopic (exact) mass is 103 g/mol. The summed E-state index contributed by atoms with van der Waals surface area (Å²) >= 11 is 0. The molecular formula is C4H6O3. The first-order valence-electron chi connectivity index (χ1n) is 2.18. The third-order valence-electron chi connectivity index (χ3n) is 0.336. The number of ether oxygens (including phenoxy) is 1. The van der Waals surface area contributed by atoms with E-state index in [2.05, 4.69) is 11.3 Å². The van der Waals surface area contributed by atoms with E-state index in [4.69, 9.17) is 6.48 Å². The molecule has 0 heterocycles. The first kappa shape index (κ1) is 4.33. The van der Waals surface area contributed by atoms with Crippen LogP contribution < -0.4 is 0 Å². The van der Waals surface area contributed by atoms with Crippen molar-refractivity contribution in [1.82, 2.24) is 0 Å². The quantitative estimate of drug-likeness (QED) is 0.295. The minimum absolute atomic E-state index is 0.799. The van der Waals surface area contributed by atoms with Gasteiger partial charge >= 0.3 is 5.97 Å². The Kier molecular flexibility index (Phi) is 2.08. The van der Waals surface area contributed by atoms with Gasteiger partial charge in [-0.1, -0.05) is 6.58 Å².